The van der Waals surface area contributed by atoms with Gasteiger partial charge in [-0.2, -0.15) is 0 Å². The molecule has 0 bridgehead atoms. The molecule has 90 valence electrons. The number of pyridine rings is 1. The number of likely N-dealkylation sites (N-methyl/N-ethyl adjacent to an activating group) is 1. The van der Waals surface area contributed by atoms with Gasteiger partial charge in [-0.3, -0.25) is 0 Å². The third-order valence-electron chi connectivity index (χ3n) is 3.51. The van der Waals surface area contributed by atoms with Crippen molar-refractivity contribution in [3.05, 3.63) is 30.1 Å². The molecule has 4 heteroatoms. The molecule has 2 N–H and O–H groups in total. The topological polar surface area (TPSA) is 44.0 Å². The Kier molecular flexibility index (Phi) is 2.82. The summed E-state index contributed by atoms with van der Waals surface area (Å²) in [6.45, 7) is 3.28. The van der Waals surface area contributed by atoms with Gasteiger partial charge in [0.15, 0.2) is 0 Å². The van der Waals surface area contributed by atoms with E-state index in [1.165, 1.54) is 23.9 Å². The number of hydrogen-bond acceptors (Lipinski definition) is 3. The maximum absolute atomic E-state index is 4.30. The molecule has 0 saturated carbocycles. The number of H-pyrrole nitrogens is 1. The van der Waals surface area contributed by atoms with E-state index in [-0.39, 0.29) is 0 Å². The van der Waals surface area contributed by atoms with Crippen molar-refractivity contribution in [3.63, 3.8) is 0 Å². The lowest BCUT2D eigenvalue weighted by atomic mass is 10.2. The fourth-order valence-electron chi connectivity index (χ4n) is 2.51. The molecule has 1 saturated heterocycles. The fourth-order valence-corrected chi connectivity index (χ4v) is 2.51. The monoisotopic (exact) mass is 230 g/mol. The van der Waals surface area contributed by atoms with E-state index in [9.17, 15) is 0 Å². The summed E-state index contributed by atoms with van der Waals surface area (Å²) >= 11 is 0. The van der Waals surface area contributed by atoms with Gasteiger partial charge in [0, 0.05) is 36.9 Å². The zero-order valence-electron chi connectivity index (χ0n) is 10.1. The number of nitrogens with one attached hydrogen (secondary N) is 2. The first-order valence-corrected chi connectivity index (χ1v) is 6.16. The van der Waals surface area contributed by atoms with Gasteiger partial charge in [-0.15, -0.1) is 0 Å². The first kappa shape index (κ1) is 10.7. The van der Waals surface area contributed by atoms with Gasteiger partial charge in [0.25, 0.3) is 0 Å². The first-order chi connectivity index (χ1) is 8.33. The van der Waals surface area contributed by atoms with E-state index in [4.69, 9.17) is 0 Å². The predicted molar refractivity (Wildman–Crippen MR) is 68.8 cm³/mol. The van der Waals surface area contributed by atoms with Gasteiger partial charge in [0.1, 0.15) is 5.65 Å². The number of hydrogen-bond donors (Lipinski definition) is 2. The Bertz CT molecular complexity index is 505. The number of aromatic nitrogens is 2. The standard InChI is InChI=1S/C13H18N4/c1-17-6-4-11(9-17)15-7-10-8-16-13-12(10)3-2-5-14-13/h2-3,5,8,11,15H,4,6-7,9H2,1H3,(H,14,16). The van der Waals surface area contributed by atoms with Crippen molar-refractivity contribution in [3.8, 4) is 0 Å². The summed E-state index contributed by atoms with van der Waals surface area (Å²) in [5, 5.41) is 4.85. The molecule has 1 atom stereocenters. The number of aromatic amines is 1. The van der Waals surface area contributed by atoms with Crippen LogP contribution in [0.5, 0.6) is 0 Å². The Morgan fingerprint density at radius 2 is 2.53 bits per heavy atom. The molecule has 2 aromatic heterocycles. The molecular weight excluding hydrogens is 212 g/mol. The van der Waals surface area contributed by atoms with Crippen molar-refractivity contribution >= 4 is 11.0 Å². The van der Waals surface area contributed by atoms with E-state index in [1.807, 2.05) is 12.3 Å². The molecule has 0 radical (unpaired) electrons. The summed E-state index contributed by atoms with van der Waals surface area (Å²) in [7, 11) is 2.18. The normalized spacial score (nSPS) is 21.4. The predicted octanol–water partition coefficient (Wildman–Crippen LogP) is 1.36. The van der Waals surface area contributed by atoms with Crippen LogP contribution in [0, 0.1) is 0 Å². The minimum absolute atomic E-state index is 0.627. The number of rotatable bonds is 3. The minimum Gasteiger partial charge on any atom is -0.346 e. The molecule has 3 heterocycles. The van der Waals surface area contributed by atoms with E-state index < -0.39 is 0 Å². The minimum atomic E-state index is 0.627. The third-order valence-corrected chi connectivity index (χ3v) is 3.51. The molecule has 4 nitrogen and oxygen atoms in total. The average Bonchev–Trinajstić information content (AvgIpc) is 2.93. The Morgan fingerprint density at radius 1 is 1.59 bits per heavy atom. The second-order valence-corrected chi connectivity index (χ2v) is 4.84. The maximum atomic E-state index is 4.30. The van der Waals surface area contributed by atoms with Gasteiger partial charge in [0.05, 0.1) is 0 Å². The molecule has 1 unspecified atom stereocenters. The molecule has 1 aliphatic heterocycles. The maximum Gasteiger partial charge on any atom is 0.137 e. The Balaban J connectivity index is 1.69. The largest absolute Gasteiger partial charge is 0.346 e. The smallest absolute Gasteiger partial charge is 0.137 e. The zero-order valence-corrected chi connectivity index (χ0v) is 10.1. The highest BCUT2D eigenvalue weighted by atomic mass is 15.2. The molecule has 1 aliphatic rings. The van der Waals surface area contributed by atoms with Gasteiger partial charge < -0.3 is 15.2 Å². The van der Waals surface area contributed by atoms with Crippen LogP contribution in [-0.4, -0.2) is 41.0 Å². The Labute approximate surface area is 101 Å². The number of nitrogens with zero attached hydrogens (tertiary/aromatic N) is 2. The summed E-state index contributed by atoms with van der Waals surface area (Å²) in [5.41, 5.74) is 2.29. The van der Waals surface area contributed by atoms with Crippen LogP contribution in [-0.2, 0) is 6.54 Å². The third kappa shape index (κ3) is 2.18. The van der Waals surface area contributed by atoms with Crippen LogP contribution in [0.15, 0.2) is 24.5 Å². The van der Waals surface area contributed by atoms with Crippen LogP contribution >= 0.6 is 0 Å². The van der Waals surface area contributed by atoms with Gasteiger partial charge in [0.2, 0.25) is 0 Å². The van der Waals surface area contributed by atoms with E-state index in [0.29, 0.717) is 6.04 Å². The Morgan fingerprint density at radius 3 is 3.35 bits per heavy atom. The van der Waals surface area contributed by atoms with Crippen molar-refractivity contribution in [1.29, 1.82) is 0 Å². The van der Waals surface area contributed by atoms with E-state index in [0.717, 1.165) is 18.7 Å². The van der Waals surface area contributed by atoms with Crippen molar-refractivity contribution < 1.29 is 0 Å². The average molecular weight is 230 g/mol. The lowest BCUT2D eigenvalue weighted by molar-refractivity contribution is 0.398. The highest BCUT2D eigenvalue weighted by Gasteiger charge is 2.18. The molecule has 0 aromatic carbocycles. The summed E-state index contributed by atoms with van der Waals surface area (Å²) < 4.78 is 0. The van der Waals surface area contributed by atoms with Crippen molar-refractivity contribution in [2.75, 3.05) is 20.1 Å². The van der Waals surface area contributed by atoms with Gasteiger partial charge >= 0.3 is 0 Å². The van der Waals surface area contributed by atoms with Crippen molar-refractivity contribution in [1.82, 2.24) is 20.2 Å². The second kappa shape index (κ2) is 4.47. The van der Waals surface area contributed by atoms with Crippen LogP contribution < -0.4 is 5.32 Å². The first-order valence-electron chi connectivity index (χ1n) is 6.16. The molecule has 1 fully saturated rings. The molecule has 0 amide bonds. The van der Waals surface area contributed by atoms with Crippen LogP contribution in [0.25, 0.3) is 11.0 Å². The molecule has 17 heavy (non-hydrogen) atoms. The number of fused-ring (bicyclic) bond motifs is 1. The summed E-state index contributed by atoms with van der Waals surface area (Å²) in [5.74, 6) is 0. The summed E-state index contributed by atoms with van der Waals surface area (Å²) in [6.07, 6.45) is 5.13. The van der Waals surface area contributed by atoms with E-state index in [2.05, 4.69) is 39.5 Å². The molecule has 2 aromatic rings. The lowest BCUT2D eigenvalue weighted by Gasteiger charge is -2.12. The molecule has 0 spiro atoms. The second-order valence-electron chi connectivity index (χ2n) is 4.84. The van der Waals surface area contributed by atoms with Crippen LogP contribution in [0.1, 0.15) is 12.0 Å². The van der Waals surface area contributed by atoms with Crippen LogP contribution in [0.4, 0.5) is 0 Å². The lowest BCUT2D eigenvalue weighted by Crippen LogP contribution is -2.30. The summed E-state index contributed by atoms with van der Waals surface area (Å²) in [4.78, 5) is 9.88. The van der Waals surface area contributed by atoms with Crippen LogP contribution in [0.2, 0.25) is 0 Å². The van der Waals surface area contributed by atoms with Crippen LogP contribution in [0.3, 0.4) is 0 Å². The van der Waals surface area contributed by atoms with E-state index >= 15 is 0 Å². The van der Waals surface area contributed by atoms with Gasteiger partial charge in [-0.05, 0) is 37.7 Å². The van der Waals surface area contributed by atoms with Gasteiger partial charge in [-0.25, -0.2) is 4.98 Å². The number of likely N-dealkylation sites (tertiary alicyclic amines) is 1. The summed E-state index contributed by atoms with van der Waals surface area (Å²) in [6, 6.07) is 4.74. The molecule has 0 aliphatic carbocycles. The SMILES string of the molecule is CN1CCC(NCc2c[nH]c3ncccc23)C1. The Hall–Kier alpha value is -1.39. The quantitative estimate of drug-likeness (QED) is 0.836. The van der Waals surface area contributed by atoms with Crippen molar-refractivity contribution in [2.24, 2.45) is 0 Å². The van der Waals surface area contributed by atoms with E-state index in [1.54, 1.807) is 0 Å². The van der Waals surface area contributed by atoms with Crippen molar-refractivity contribution in [2.45, 2.75) is 19.0 Å². The highest BCUT2D eigenvalue weighted by molar-refractivity contribution is 5.79. The molecule has 3 rings (SSSR count). The fraction of sp³-hybridized carbons (Fsp3) is 0.462. The van der Waals surface area contributed by atoms with Gasteiger partial charge in [-0.1, -0.05) is 0 Å². The molecular formula is C13H18N4. The highest BCUT2D eigenvalue weighted by Crippen LogP contribution is 2.16. The zero-order chi connectivity index (χ0) is 11.7.